The molecule has 0 saturated carbocycles. The molecule has 42 heavy (non-hydrogen) atoms. The van der Waals surface area contributed by atoms with Crippen molar-refractivity contribution in [1.29, 1.82) is 0 Å². The van der Waals surface area contributed by atoms with Crippen molar-refractivity contribution in [2.75, 3.05) is 27.4 Å². The number of thiophene rings is 1. The molecule has 0 aliphatic heterocycles. The summed E-state index contributed by atoms with van der Waals surface area (Å²) in [5.74, 6) is -0.359. The van der Waals surface area contributed by atoms with Gasteiger partial charge in [0.05, 0.1) is 44.6 Å². The molecule has 3 heterocycles. The molecule has 1 atom stereocenters. The van der Waals surface area contributed by atoms with Crippen molar-refractivity contribution in [2.24, 2.45) is 5.92 Å². The standard InChI is InChI=1S/C29H36FN5O6S/c1-17(2)14-23(36)29(4,5)34-25(37)24-18(3)26(35-31-10-11-32-35)42-27(24)33(28(34)38)16-22(41-13-12-39-6)20-15-19(30)8-9-21(20)40-7/h8-11,15,17,22H,12-14,16H2,1-7H3/t22-/m0/s1. The molecule has 4 aromatic rings. The van der Waals surface area contributed by atoms with E-state index in [1.165, 1.54) is 65.5 Å². The van der Waals surface area contributed by atoms with Crippen molar-refractivity contribution in [3.63, 3.8) is 0 Å². The first-order chi connectivity index (χ1) is 19.9. The van der Waals surface area contributed by atoms with E-state index in [2.05, 4.69) is 10.2 Å². The molecule has 0 fully saturated rings. The molecule has 0 aliphatic carbocycles. The van der Waals surface area contributed by atoms with Crippen molar-refractivity contribution >= 4 is 27.3 Å². The van der Waals surface area contributed by atoms with Crippen LogP contribution in [0.4, 0.5) is 4.39 Å². The van der Waals surface area contributed by atoms with Gasteiger partial charge in [0.1, 0.15) is 33.0 Å². The van der Waals surface area contributed by atoms with Gasteiger partial charge in [-0.3, -0.25) is 14.2 Å². The Bertz CT molecular complexity index is 1690. The Morgan fingerprint density at radius 3 is 2.43 bits per heavy atom. The molecule has 226 valence electrons. The van der Waals surface area contributed by atoms with E-state index in [1.54, 1.807) is 20.8 Å². The number of ether oxygens (including phenoxy) is 3. The molecule has 0 aliphatic rings. The number of carbonyl (C=O) groups excluding carboxylic acids is 1. The maximum absolute atomic E-state index is 14.5. The summed E-state index contributed by atoms with van der Waals surface area (Å²) in [6.07, 6.45) is 2.34. The highest BCUT2D eigenvalue weighted by atomic mass is 32.1. The lowest BCUT2D eigenvalue weighted by molar-refractivity contribution is -0.127. The van der Waals surface area contributed by atoms with Crippen molar-refractivity contribution in [3.8, 4) is 10.8 Å². The summed E-state index contributed by atoms with van der Waals surface area (Å²) < 4.78 is 33.7. The Kier molecular flexibility index (Phi) is 9.43. The van der Waals surface area contributed by atoms with Crippen LogP contribution >= 0.6 is 11.3 Å². The lowest BCUT2D eigenvalue weighted by atomic mass is 9.91. The molecule has 1 aromatic carbocycles. The first-order valence-corrected chi connectivity index (χ1v) is 14.4. The van der Waals surface area contributed by atoms with Gasteiger partial charge in [-0.1, -0.05) is 25.2 Å². The summed E-state index contributed by atoms with van der Waals surface area (Å²) >= 11 is 1.17. The maximum atomic E-state index is 14.5. The topological polar surface area (TPSA) is 119 Å². The number of hydrogen-bond donors (Lipinski definition) is 0. The zero-order valence-electron chi connectivity index (χ0n) is 24.8. The predicted octanol–water partition coefficient (Wildman–Crippen LogP) is 4.02. The smallest absolute Gasteiger partial charge is 0.333 e. The number of hydrogen-bond acceptors (Lipinski definition) is 9. The number of aryl methyl sites for hydroxylation is 1. The van der Waals surface area contributed by atoms with Crippen LogP contribution < -0.4 is 16.0 Å². The van der Waals surface area contributed by atoms with E-state index in [0.717, 1.165) is 4.57 Å². The van der Waals surface area contributed by atoms with Gasteiger partial charge in [-0.2, -0.15) is 10.2 Å². The number of halogens is 1. The van der Waals surface area contributed by atoms with E-state index < -0.39 is 28.7 Å². The van der Waals surface area contributed by atoms with E-state index in [4.69, 9.17) is 14.2 Å². The zero-order valence-corrected chi connectivity index (χ0v) is 25.7. The van der Waals surface area contributed by atoms with Crippen molar-refractivity contribution in [1.82, 2.24) is 24.1 Å². The molecular weight excluding hydrogens is 565 g/mol. The molecule has 0 radical (unpaired) electrons. The van der Waals surface area contributed by atoms with Gasteiger partial charge in [-0.15, -0.1) is 4.80 Å². The molecule has 0 spiro atoms. The average Bonchev–Trinajstić information content (AvgIpc) is 3.58. The number of nitrogens with zero attached hydrogens (tertiary/aromatic N) is 5. The highest BCUT2D eigenvalue weighted by molar-refractivity contribution is 7.21. The van der Waals surface area contributed by atoms with Crippen LogP contribution in [-0.4, -0.2) is 57.3 Å². The molecule has 0 amide bonds. The van der Waals surface area contributed by atoms with Crippen LogP contribution in [0, 0.1) is 18.7 Å². The average molecular weight is 602 g/mol. The van der Waals surface area contributed by atoms with E-state index in [1.807, 2.05) is 13.8 Å². The third-order valence-electron chi connectivity index (χ3n) is 7.12. The van der Waals surface area contributed by atoms with Crippen molar-refractivity contribution < 1.29 is 23.4 Å². The fraction of sp³-hybridized carbons (Fsp3) is 0.483. The van der Waals surface area contributed by atoms with Gasteiger partial charge in [0.2, 0.25) is 0 Å². The van der Waals surface area contributed by atoms with Crippen molar-refractivity contribution in [2.45, 2.75) is 59.2 Å². The van der Waals surface area contributed by atoms with Crippen LogP contribution in [0.2, 0.25) is 0 Å². The van der Waals surface area contributed by atoms with Gasteiger partial charge in [0, 0.05) is 24.7 Å². The Morgan fingerprint density at radius 2 is 1.81 bits per heavy atom. The zero-order chi connectivity index (χ0) is 30.8. The Hall–Kier alpha value is -3.68. The third-order valence-corrected chi connectivity index (χ3v) is 8.40. The summed E-state index contributed by atoms with van der Waals surface area (Å²) in [4.78, 5) is 43.6. The SMILES string of the molecule is COCCO[C@@H](Cn1c(=O)n(C(C)(C)C(=O)CC(C)C)c(=O)c2c(C)c(-n3nccn3)sc21)c1cc(F)ccc1OC. The molecule has 3 aromatic heterocycles. The van der Waals surface area contributed by atoms with Crippen LogP contribution in [0.5, 0.6) is 5.75 Å². The monoisotopic (exact) mass is 601 g/mol. The molecule has 0 N–H and O–H groups in total. The second-order valence-electron chi connectivity index (χ2n) is 10.9. The lowest BCUT2D eigenvalue weighted by Gasteiger charge is -2.28. The minimum absolute atomic E-state index is 0.0258. The maximum Gasteiger partial charge on any atom is 0.333 e. The highest BCUT2D eigenvalue weighted by Crippen LogP contribution is 2.34. The number of rotatable bonds is 13. The van der Waals surface area contributed by atoms with Crippen molar-refractivity contribution in [3.05, 3.63) is 68.4 Å². The van der Waals surface area contributed by atoms with Crippen LogP contribution in [0.3, 0.4) is 0 Å². The van der Waals surface area contributed by atoms with Gasteiger partial charge in [-0.25, -0.2) is 13.8 Å². The first-order valence-electron chi connectivity index (χ1n) is 13.6. The number of Topliss-reactive ketones (excluding diaryl/α,β-unsaturated/α-hetero) is 1. The largest absolute Gasteiger partial charge is 0.496 e. The number of benzene rings is 1. The second kappa shape index (κ2) is 12.7. The quantitative estimate of drug-likeness (QED) is 0.211. The Morgan fingerprint density at radius 1 is 1.12 bits per heavy atom. The third kappa shape index (κ3) is 5.94. The van der Waals surface area contributed by atoms with Crippen LogP contribution in [0.15, 0.2) is 40.2 Å². The van der Waals surface area contributed by atoms with Crippen LogP contribution in [0.25, 0.3) is 15.2 Å². The molecule has 0 bridgehead atoms. The van der Waals surface area contributed by atoms with E-state index in [-0.39, 0.29) is 43.3 Å². The second-order valence-corrected chi connectivity index (χ2v) is 11.9. The number of carbonyl (C=O) groups is 1. The molecule has 0 unspecified atom stereocenters. The van der Waals surface area contributed by atoms with Gasteiger partial charge >= 0.3 is 5.69 Å². The molecule has 11 nitrogen and oxygen atoms in total. The van der Waals surface area contributed by atoms with E-state index >= 15 is 0 Å². The van der Waals surface area contributed by atoms with E-state index in [9.17, 15) is 18.8 Å². The fourth-order valence-electron chi connectivity index (χ4n) is 4.88. The summed E-state index contributed by atoms with van der Waals surface area (Å²) in [6, 6.07) is 4.05. The number of fused-ring (bicyclic) bond motifs is 1. The predicted molar refractivity (Wildman–Crippen MR) is 157 cm³/mol. The molecule has 13 heteroatoms. The van der Waals surface area contributed by atoms with Crippen LogP contribution in [-0.2, 0) is 26.4 Å². The summed E-state index contributed by atoms with van der Waals surface area (Å²) in [5, 5.41) is 9.24. The van der Waals surface area contributed by atoms with Gasteiger partial charge in [0.25, 0.3) is 5.56 Å². The molecule has 4 rings (SSSR count). The van der Waals surface area contributed by atoms with Gasteiger partial charge in [0.15, 0.2) is 5.78 Å². The number of methoxy groups -OCH3 is 2. The van der Waals surface area contributed by atoms with Gasteiger partial charge < -0.3 is 14.2 Å². The normalized spacial score (nSPS) is 12.8. The van der Waals surface area contributed by atoms with Gasteiger partial charge in [-0.05, 0) is 44.9 Å². The Labute approximate surface area is 246 Å². The Balaban J connectivity index is 2.02. The fourth-order valence-corrected chi connectivity index (χ4v) is 6.10. The summed E-state index contributed by atoms with van der Waals surface area (Å²) in [5.41, 5.74) is -1.78. The summed E-state index contributed by atoms with van der Waals surface area (Å²) in [7, 11) is 2.99. The minimum Gasteiger partial charge on any atom is -0.496 e. The number of ketones is 1. The molecule has 0 saturated heterocycles. The number of aromatic nitrogens is 5. The minimum atomic E-state index is -1.45. The summed E-state index contributed by atoms with van der Waals surface area (Å²) in [6.45, 7) is 9.00. The highest BCUT2D eigenvalue weighted by Gasteiger charge is 2.36. The lowest BCUT2D eigenvalue weighted by Crippen LogP contribution is -2.53. The first kappa shape index (κ1) is 31.3. The van der Waals surface area contributed by atoms with E-state index in [0.29, 0.717) is 26.7 Å². The molecular formula is C29H36FN5O6S. The van der Waals surface area contributed by atoms with Crippen LogP contribution in [0.1, 0.15) is 51.3 Å².